The van der Waals surface area contributed by atoms with Crippen molar-refractivity contribution in [2.45, 2.75) is 106 Å². The van der Waals surface area contributed by atoms with E-state index in [0.717, 1.165) is 50.4 Å². The van der Waals surface area contributed by atoms with Crippen molar-refractivity contribution in [1.82, 2.24) is 0 Å². The van der Waals surface area contributed by atoms with Crippen molar-refractivity contribution in [2.75, 3.05) is 26.9 Å². The van der Waals surface area contributed by atoms with Crippen molar-refractivity contribution in [3.8, 4) is 0 Å². The maximum atomic E-state index is 14.6. The average Bonchev–Trinajstić information content (AvgIpc) is 3.03. The van der Waals surface area contributed by atoms with E-state index in [9.17, 15) is 9.59 Å². The molecule has 1 aromatic carbocycles. The molecule has 2 bridgehead atoms. The van der Waals surface area contributed by atoms with Gasteiger partial charge >= 0.3 is 5.97 Å². The minimum atomic E-state index is -0.252. The lowest BCUT2D eigenvalue weighted by molar-refractivity contribution is -0.265. The van der Waals surface area contributed by atoms with Crippen LogP contribution in [0.25, 0.3) is 0 Å². The van der Waals surface area contributed by atoms with Crippen LogP contribution in [0.4, 0.5) is 0 Å². The van der Waals surface area contributed by atoms with Crippen molar-refractivity contribution >= 4 is 12.3 Å². The summed E-state index contributed by atoms with van der Waals surface area (Å²) in [4.78, 5) is 26.0. The summed E-state index contributed by atoms with van der Waals surface area (Å²) >= 11 is 0. The molecule has 6 nitrogen and oxygen atoms in total. The van der Waals surface area contributed by atoms with Gasteiger partial charge in [-0.1, -0.05) is 90.4 Å². The Hall–Kier alpha value is -2.02. The van der Waals surface area contributed by atoms with E-state index in [1.54, 1.807) is 12.7 Å². The molecule has 4 aliphatic carbocycles. The van der Waals surface area contributed by atoms with E-state index in [1.165, 1.54) is 0 Å². The molecule has 5 aliphatic rings. The number of allylic oxidation sites excluding steroid dienone is 1. The highest BCUT2D eigenvalue weighted by Gasteiger charge is 2.71. The number of fused-ring (bicyclic) bond motifs is 3. The molecule has 1 unspecified atom stereocenters. The number of hydrogen-bond acceptors (Lipinski definition) is 6. The monoisotopic (exact) mass is 634 g/mol. The van der Waals surface area contributed by atoms with Gasteiger partial charge in [0.15, 0.2) is 0 Å². The number of methoxy groups -OCH3 is 1. The first kappa shape index (κ1) is 33.9. The third kappa shape index (κ3) is 4.82. The lowest BCUT2D eigenvalue weighted by atomic mass is 9.34. The molecule has 0 N–H and O–H groups in total. The summed E-state index contributed by atoms with van der Waals surface area (Å²) in [6.07, 6.45) is 9.11. The highest BCUT2D eigenvalue weighted by Crippen LogP contribution is 2.75. The third-order valence-corrected chi connectivity index (χ3v) is 14.9. The molecular formula is C40H58O6. The minimum Gasteiger partial charge on any atom is -0.461 e. The van der Waals surface area contributed by atoms with Crippen LogP contribution >= 0.6 is 0 Å². The molecule has 1 heterocycles. The molecule has 1 aliphatic heterocycles. The van der Waals surface area contributed by atoms with Gasteiger partial charge in [0, 0.05) is 17.9 Å². The van der Waals surface area contributed by atoms with E-state index >= 15 is 0 Å². The van der Waals surface area contributed by atoms with Gasteiger partial charge in [-0.2, -0.15) is 0 Å². The summed E-state index contributed by atoms with van der Waals surface area (Å²) in [7, 11) is 1.79. The van der Waals surface area contributed by atoms with Crippen LogP contribution in [-0.2, 0) is 35.1 Å². The number of aldehydes is 1. The molecule has 46 heavy (non-hydrogen) atoms. The molecule has 0 amide bonds. The van der Waals surface area contributed by atoms with Crippen LogP contribution in [0.3, 0.4) is 0 Å². The van der Waals surface area contributed by atoms with Gasteiger partial charge in [-0.15, -0.1) is 0 Å². The quantitative estimate of drug-likeness (QED) is 0.157. The Labute approximate surface area is 277 Å². The number of ether oxygens (including phenoxy) is 4. The van der Waals surface area contributed by atoms with Crippen LogP contribution < -0.4 is 0 Å². The molecular weight excluding hydrogens is 576 g/mol. The fourth-order valence-corrected chi connectivity index (χ4v) is 12.0. The highest BCUT2D eigenvalue weighted by molar-refractivity contribution is 5.75. The first-order chi connectivity index (χ1) is 21.8. The minimum absolute atomic E-state index is 0.0307. The second kappa shape index (κ2) is 12.1. The van der Waals surface area contributed by atoms with E-state index in [2.05, 4.69) is 54.5 Å². The summed E-state index contributed by atoms with van der Waals surface area (Å²) in [5.74, 6) is 1.36. The highest BCUT2D eigenvalue weighted by atomic mass is 16.5. The van der Waals surface area contributed by atoms with Gasteiger partial charge in [0.05, 0.1) is 31.3 Å². The Balaban J connectivity index is 1.41. The molecule has 1 aromatic rings. The van der Waals surface area contributed by atoms with E-state index in [4.69, 9.17) is 18.9 Å². The molecule has 1 saturated heterocycles. The number of carbonyl (C=O) groups is 2. The Kier molecular flexibility index (Phi) is 8.94. The number of benzene rings is 1. The second-order valence-electron chi connectivity index (χ2n) is 17.0. The van der Waals surface area contributed by atoms with E-state index < -0.39 is 0 Å². The molecule has 4 fully saturated rings. The maximum absolute atomic E-state index is 14.6. The first-order valence-corrected chi connectivity index (χ1v) is 17.9. The Morgan fingerprint density at radius 2 is 1.76 bits per heavy atom. The Morgan fingerprint density at radius 1 is 1.02 bits per heavy atom. The van der Waals surface area contributed by atoms with Gasteiger partial charge < -0.3 is 23.7 Å². The van der Waals surface area contributed by atoms with Gasteiger partial charge in [0.25, 0.3) is 0 Å². The first-order valence-electron chi connectivity index (χ1n) is 17.9. The fraction of sp³-hybridized carbons (Fsp3) is 0.750. The zero-order chi connectivity index (χ0) is 33.1. The number of esters is 1. The lowest BCUT2D eigenvalue weighted by Gasteiger charge is -2.71. The van der Waals surface area contributed by atoms with Crippen molar-refractivity contribution in [3.63, 3.8) is 0 Å². The maximum Gasteiger partial charge on any atom is 0.310 e. The normalized spacial score (nSPS) is 43.8. The van der Waals surface area contributed by atoms with Crippen LogP contribution in [0.2, 0.25) is 0 Å². The van der Waals surface area contributed by atoms with Gasteiger partial charge in [-0.3, -0.25) is 4.79 Å². The number of carbonyl (C=O) groups excluding carboxylic acids is 2. The van der Waals surface area contributed by atoms with Gasteiger partial charge in [0.2, 0.25) is 0 Å². The molecule has 6 heteroatoms. The Bertz CT molecular complexity index is 1320. The van der Waals surface area contributed by atoms with Crippen LogP contribution in [0, 0.1) is 56.7 Å². The molecule has 0 radical (unpaired) electrons. The number of rotatable bonds is 9. The summed E-state index contributed by atoms with van der Waals surface area (Å²) in [6.45, 7) is 18.3. The third-order valence-electron chi connectivity index (χ3n) is 14.9. The van der Waals surface area contributed by atoms with E-state index in [0.29, 0.717) is 43.5 Å². The predicted molar refractivity (Wildman–Crippen MR) is 179 cm³/mol. The number of hydrogen-bond donors (Lipinski definition) is 0. The van der Waals surface area contributed by atoms with Crippen LogP contribution in [0.1, 0.15) is 92.6 Å². The van der Waals surface area contributed by atoms with Crippen molar-refractivity contribution in [3.05, 3.63) is 47.5 Å². The summed E-state index contributed by atoms with van der Waals surface area (Å²) < 4.78 is 25.2. The Morgan fingerprint density at radius 3 is 2.43 bits per heavy atom. The smallest absolute Gasteiger partial charge is 0.310 e. The molecule has 254 valence electrons. The summed E-state index contributed by atoms with van der Waals surface area (Å²) in [5, 5.41) is 0. The molecule has 0 aromatic heterocycles. The zero-order valence-corrected chi connectivity index (χ0v) is 29.6. The predicted octanol–water partition coefficient (Wildman–Crippen LogP) is 7.83. The van der Waals surface area contributed by atoms with E-state index in [-0.39, 0.29) is 57.8 Å². The molecule has 11 atom stereocenters. The topological polar surface area (TPSA) is 71.1 Å². The standard InChI is InChI=1S/C40H58O6/c1-26(2)27(3)36(4)18-19-38(6)29-14-15-32-37(5)24-44-25-40(32,22-31(43-8)34(37)45-21-20-41)30(29)16-17-39(38,7)33(36)35(42)46-23-28-12-10-9-11-13-28/h9-13,16,20,26-27,29,31-34H,14-15,17-19,21-25H2,1-8H3/t27-,29+,31-,32+,33-,34+,36-,37?,38-,39+,40+/m1/s1. The van der Waals surface area contributed by atoms with Crippen molar-refractivity contribution in [2.24, 2.45) is 56.7 Å². The average molecular weight is 635 g/mol. The van der Waals surface area contributed by atoms with Crippen LogP contribution in [-0.4, -0.2) is 51.4 Å². The molecule has 0 spiro atoms. The summed E-state index contributed by atoms with van der Waals surface area (Å²) in [5.41, 5.74) is 1.72. The van der Waals surface area contributed by atoms with E-state index in [1.807, 2.05) is 30.3 Å². The lowest BCUT2D eigenvalue weighted by Crippen LogP contribution is -2.70. The fourth-order valence-electron chi connectivity index (χ4n) is 12.0. The zero-order valence-electron chi connectivity index (χ0n) is 29.6. The molecule has 3 saturated carbocycles. The van der Waals surface area contributed by atoms with Crippen molar-refractivity contribution < 1.29 is 28.5 Å². The largest absolute Gasteiger partial charge is 0.461 e. The van der Waals surface area contributed by atoms with Crippen LogP contribution in [0.5, 0.6) is 0 Å². The van der Waals surface area contributed by atoms with Crippen molar-refractivity contribution in [1.29, 1.82) is 0 Å². The summed E-state index contributed by atoms with van der Waals surface area (Å²) in [6, 6.07) is 10.1. The SMILES string of the molecule is CO[C@@H]1C[C@@]23COCC(C)([C@H]1OCC=O)[C@@H]2CC[C@H]1C3=CC[C@@]2(C)[C@H](C(=O)OCc3ccccc3)[C@@](C)([C@H](C)C(C)C)CC[C@]12C. The van der Waals surface area contributed by atoms with Gasteiger partial charge in [0.1, 0.15) is 19.5 Å². The molecule has 6 rings (SSSR count). The second-order valence-corrected chi connectivity index (χ2v) is 17.0. The van der Waals surface area contributed by atoms with Gasteiger partial charge in [-0.25, -0.2) is 0 Å². The van der Waals surface area contributed by atoms with Crippen LogP contribution in [0.15, 0.2) is 42.0 Å². The van der Waals surface area contributed by atoms with Gasteiger partial charge in [-0.05, 0) is 84.0 Å².